The Morgan fingerprint density at radius 3 is 1.85 bits per heavy atom. The normalized spacial score (nSPS) is 19.5. The number of hydrogen-bond donors (Lipinski definition) is 0. The van der Waals surface area contributed by atoms with Gasteiger partial charge in [-0.15, -0.1) is 0 Å². The molecule has 0 spiro atoms. The van der Waals surface area contributed by atoms with Gasteiger partial charge in [-0.25, -0.2) is 4.79 Å². The summed E-state index contributed by atoms with van der Waals surface area (Å²) in [5.41, 5.74) is -0.531. The number of amides is 1. The van der Waals surface area contributed by atoms with Crippen LogP contribution in [0.4, 0.5) is 4.79 Å². The molecular formula is C28H42N2O3Si. The third-order valence-corrected chi connectivity index (χ3v) is 11.7. The number of likely N-dealkylation sites (N-methyl/N-ethyl adjacent to an activating group) is 1. The van der Waals surface area contributed by atoms with Gasteiger partial charge in [0.05, 0.1) is 12.6 Å². The summed E-state index contributed by atoms with van der Waals surface area (Å²) in [6.45, 7) is 13.7. The van der Waals surface area contributed by atoms with E-state index in [0.717, 1.165) is 6.42 Å². The molecule has 186 valence electrons. The van der Waals surface area contributed by atoms with Crippen LogP contribution in [0.5, 0.6) is 0 Å². The average Bonchev–Trinajstić information content (AvgIpc) is 3.18. The maximum atomic E-state index is 13.1. The Hall–Kier alpha value is -2.15. The average molecular weight is 483 g/mol. The van der Waals surface area contributed by atoms with Crippen LogP contribution in [0.25, 0.3) is 0 Å². The molecule has 1 saturated heterocycles. The molecule has 2 atom stereocenters. The molecule has 0 aromatic heterocycles. The van der Waals surface area contributed by atoms with Crippen molar-refractivity contribution in [2.75, 3.05) is 27.2 Å². The van der Waals surface area contributed by atoms with E-state index in [0.29, 0.717) is 13.2 Å². The number of benzene rings is 2. The van der Waals surface area contributed by atoms with Crippen molar-refractivity contribution >= 4 is 24.8 Å². The number of rotatable bonds is 6. The van der Waals surface area contributed by atoms with Crippen molar-refractivity contribution in [3.8, 4) is 0 Å². The highest BCUT2D eigenvalue weighted by molar-refractivity contribution is 6.99. The Balaban J connectivity index is 1.98. The minimum Gasteiger partial charge on any atom is -0.444 e. The molecule has 2 aromatic carbocycles. The van der Waals surface area contributed by atoms with Gasteiger partial charge in [-0.3, -0.25) is 0 Å². The number of carbonyl (C=O) groups excluding carboxylic acids is 1. The van der Waals surface area contributed by atoms with Gasteiger partial charge in [-0.1, -0.05) is 81.4 Å². The first-order valence-corrected chi connectivity index (χ1v) is 14.2. The molecule has 3 rings (SSSR count). The summed E-state index contributed by atoms with van der Waals surface area (Å²) in [4.78, 5) is 17.2. The summed E-state index contributed by atoms with van der Waals surface area (Å²) in [7, 11) is 1.48. The fourth-order valence-corrected chi connectivity index (χ4v) is 9.55. The zero-order chi connectivity index (χ0) is 25.1. The summed E-state index contributed by atoms with van der Waals surface area (Å²) in [5.74, 6) is 0. The predicted molar refractivity (Wildman–Crippen MR) is 142 cm³/mol. The van der Waals surface area contributed by atoms with Crippen molar-refractivity contribution in [3.05, 3.63) is 60.7 Å². The number of likely N-dealkylation sites (tertiary alicyclic amines) is 1. The number of carbonyl (C=O) groups is 1. The van der Waals surface area contributed by atoms with E-state index < -0.39 is 13.9 Å². The van der Waals surface area contributed by atoms with Crippen molar-refractivity contribution < 1.29 is 14.0 Å². The van der Waals surface area contributed by atoms with Crippen LogP contribution in [0.1, 0.15) is 48.0 Å². The molecule has 2 aromatic rings. The van der Waals surface area contributed by atoms with Crippen molar-refractivity contribution in [2.45, 2.75) is 70.7 Å². The van der Waals surface area contributed by atoms with Crippen molar-refractivity contribution in [1.29, 1.82) is 0 Å². The molecule has 6 heteroatoms. The molecule has 0 radical (unpaired) electrons. The lowest BCUT2D eigenvalue weighted by atomic mass is 10.2. The lowest BCUT2D eigenvalue weighted by Gasteiger charge is -2.44. The van der Waals surface area contributed by atoms with Crippen LogP contribution >= 0.6 is 0 Å². The van der Waals surface area contributed by atoms with Gasteiger partial charge in [0.25, 0.3) is 8.32 Å². The van der Waals surface area contributed by atoms with Gasteiger partial charge in [0.1, 0.15) is 5.60 Å². The van der Waals surface area contributed by atoms with E-state index >= 15 is 0 Å². The summed E-state index contributed by atoms with van der Waals surface area (Å²) in [6.07, 6.45) is 0.609. The van der Waals surface area contributed by atoms with Gasteiger partial charge in [0.2, 0.25) is 0 Å². The fourth-order valence-electron chi connectivity index (χ4n) is 4.95. The summed E-state index contributed by atoms with van der Waals surface area (Å²) in [6, 6.07) is 21.5. The Labute approximate surface area is 207 Å². The summed E-state index contributed by atoms with van der Waals surface area (Å²) in [5, 5.41) is 2.39. The highest BCUT2D eigenvalue weighted by atomic mass is 28.4. The lowest BCUT2D eigenvalue weighted by Crippen LogP contribution is -2.67. The quantitative estimate of drug-likeness (QED) is 0.569. The van der Waals surface area contributed by atoms with Crippen LogP contribution in [0.2, 0.25) is 5.04 Å². The molecule has 1 fully saturated rings. The van der Waals surface area contributed by atoms with Crippen LogP contribution in [0, 0.1) is 0 Å². The molecule has 1 heterocycles. The second kappa shape index (κ2) is 10.2. The minimum absolute atomic E-state index is 0.0381. The molecule has 0 aliphatic carbocycles. The molecule has 0 saturated carbocycles. The molecule has 1 aliphatic rings. The van der Waals surface area contributed by atoms with Crippen LogP contribution in [-0.4, -0.2) is 69.1 Å². The van der Waals surface area contributed by atoms with E-state index in [4.69, 9.17) is 9.16 Å². The van der Waals surface area contributed by atoms with E-state index in [1.54, 1.807) is 0 Å². The van der Waals surface area contributed by atoms with Crippen LogP contribution in [0.3, 0.4) is 0 Å². The van der Waals surface area contributed by atoms with E-state index in [2.05, 4.69) is 100 Å². The smallest absolute Gasteiger partial charge is 0.410 e. The standard InChI is InChI=1S/C28H42N2O3Si/c1-27(2,3)33-26(31)30-20-22(29(7)8)19-23(30)21-32-34(28(4,5)6,24-15-11-9-12-16-24)25-17-13-10-14-18-25/h9-18,22-23H,19-21H2,1-8H3/t22?,23-/m0/s1. The molecule has 34 heavy (non-hydrogen) atoms. The van der Waals surface area contributed by atoms with Gasteiger partial charge in [0.15, 0.2) is 0 Å². The van der Waals surface area contributed by atoms with Gasteiger partial charge in [-0.2, -0.15) is 0 Å². The van der Waals surface area contributed by atoms with E-state index in [-0.39, 0.29) is 23.2 Å². The molecular weight excluding hydrogens is 440 g/mol. The second-order valence-electron chi connectivity index (χ2n) is 11.6. The van der Waals surface area contributed by atoms with E-state index in [9.17, 15) is 4.79 Å². The van der Waals surface area contributed by atoms with Crippen LogP contribution in [0.15, 0.2) is 60.7 Å². The number of ether oxygens (including phenoxy) is 1. The first-order valence-electron chi connectivity index (χ1n) is 12.3. The first-order chi connectivity index (χ1) is 15.8. The first kappa shape index (κ1) is 26.5. The van der Waals surface area contributed by atoms with E-state index in [1.165, 1.54) is 10.4 Å². The molecule has 1 amide bonds. The lowest BCUT2D eigenvalue weighted by molar-refractivity contribution is 0.0178. The Kier molecular flexibility index (Phi) is 7.95. The third-order valence-electron chi connectivity index (χ3n) is 6.66. The maximum Gasteiger partial charge on any atom is 0.410 e. The maximum absolute atomic E-state index is 13.1. The molecule has 5 nitrogen and oxygen atoms in total. The molecule has 1 aliphatic heterocycles. The summed E-state index contributed by atoms with van der Waals surface area (Å²) < 4.78 is 12.9. The zero-order valence-corrected chi connectivity index (χ0v) is 23.2. The molecule has 1 unspecified atom stereocenters. The van der Waals surface area contributed by atoms with Gasteiger partial charge < -0.3 is 19.0 Å². The third kappa shape index (κ3) is 5.73. The number of hydrogen-bond acceptors (Lipinski definition) is 4. The van der Waals surface area contributed by atoms with Crippen molar-refractivity contribution in [1.82, 2.24) is 9.80 Å². The summed E-state index contributed by atoms with van der Waals surface area (Å²) >= 11 is 0. The monoisotopic (exact) mass is 482 g/mol. The highest BCUT2D eigenvalue weighted by Gasteiger charge is 2.51. The molecule has 0 N–H and O–H groups in total. The highest BCUT2D eigenvalue weighted by Crippen LogP contribution is 2.37. The number of nitrogens with zero attached hydrogens (tertiary/aromatic N) is 2. The van der Waals surface area contributed by atoms with Crippen LogP contribution < -0.4 is 10.4 Å². The minimum atomic E-state index is -2.67. The predicted octanol–water partition coefficient (Wildman–Crippen LogP) is 4.50. The Morgan fingerprint density at radius 2 is 1.44 bits per heavy atom. The van der Waals surface area contributed by atoms with Crippen molar-refractivity contribution in [3.63, 3.8) is 0 Å². The second-order valence-corrected chi connectivity index (χ2v) is 15.9. The molecule has 0 bridgehead atoms. The fraction of sp³-hybridized carbons (Fsp3) is 0.536. The Bertz CT molecular complexity index is 896. The van der Waals surface area contributed by atoms with Crippen LogP contribution in [-0.2, 0) is 9.16 Å². The largest absolute Gasteiger partial charge is 0.444 e. The zero-order valence-electron chi connectivity index (χ0n) is 22.2. The van der Waals surface area contributed by atoms with E-state index in [1.807, 2.05) is 25.7 Å². The van der Waals surface area contributed by atoms with Gasteiger partial charge in [0, 0.05) is 12.6 Å². The van der Waals surface area contributed by atoms with Crippen molar-refractivity contribution in [2.24, 2.45) is 0 Å². The topological polar surface area (TPSA) is 42.0 Å². The van der Waals surface area contributed by atoms with Gasteiger partial charge >= 0.3 is 6.09 Å². The SMILES string of the molecule is CN(C)C1C[C@@H](CO[Si](c2ccccc2)(c2ccccc2)C(C)(C)C)N(C(=O)OC(C)(C)C)C1. The Morgan fingerprint density at radius 1 is 0.941 bits per heavy atom. The van der Waals surface area contributed by atoms with Gasteiger partial charge in [-0.05, 0) is 56.7 Å².